The summed E-state index contributed by atoms with van der Waals surface area (Å²) in [5.41, 5.74) is 0. The van der Waals surface area contributed by atoms with Gasteiger partial charge in [-0.1, -0.05) is 88.0 Å². The van der Waals surface area contributed by atoms with Crippen LogP contribution in [0.25, 0.3) is 0 Å². The van der Waals surface area contributed by atoms with E-state index in [4.69, 9.17) is 5.11 Å². The summed E-state index contributed by atoms with van der Waals surface area (Å²) in [6.07, 6.45) is 19.7. The zero-order valence-electron chi connectivity index (χ0n) is 14.7. The monoisotopic (exact) mass is 336 g/mol. The molecule has 0 aliphatic carbocycles. The van der Waals surface area contributed by atoms with Crippen LogP contribution in [0.2, 0.25) is 0 Å². The smallest absolute Gasteiger partial charge is 0.328 e. The topological polar surface area (TPSA) is 77.8 Å². The molecule has 3 N–H and O–H groups in total. The van der Waals surface area contributed by atoms with E-state index in [2.05, 4.69) is 6.92 Å². The van der Waals surface area contributed by atoms with Crippen molar-refractivity contribution in [3.63, 3.8) is 0 Å². The normalized spacial score (nSPS) is 15.1. The quantitative estimate of drug-likeness (QED) is 0.253. The molecule has 0 spiro atoms. The molecular formula is C20H32O4. The molecule has 0 heterocycles. The first kappa shape index (κ1) is 22.4. The average Bonchev–Trinajstić information content (AvgIpc) is 2.55. The van der Waals surface area contributed by atoms with Crippen LogP contribution in [0.4, 0.5) is 0 Å². The third-order valence-corrected chi connectivity index (χ3v) is 3.61. The number of allylic oxidation sites excluding steroid dienone is 6. The van der Waals surface area contributed by atoms with Gasteiger partial charge in [0.05, 0.1) is 12.2 Å². The Balaban J connectivity index is 3.78. The van der Waals surface area contributed by atoms with Gasteiger partial charge in [0.15, 0.2) is 0 Å². The van der Waals surface area contributed by atoms with E-state index < -0.39 is 18.2 Å². The van der Waals surface area contributed by atoms with Gasteiger partial charge in [-0.2, -0.15) is 0 Å². The maximum absolute atomic E-state index is 10.2. The molecule has 4 nitrogen and oxygen atoms in total. The molecule has 2 unspecified atom stereocenters. The van der Waals surface area contributed by atoms with Crippen molar-refractivity contribution in [2.45, 2.75) is 70.5 Å². The minimum absolute atomic E-state index is 0.421. The fraction of sp³-hybridized carbons (Fsp3) is 0.550. The van der Waals surface area contributed by atoms with Gasteiger partial charge in [-0.3, -0.25) is 0 Å². The van der Waals surface area contributed by atoms with E-state index >= 15 is 0 Å². The van der Waals surface area contributed by atoms with Crippen molar-refractivity contribution in [2.75, 3.05) is 0 Å². The predicted octanol–water partition coefficient (Wildman–Crippen LogP) is 4.16. The van der Waals surface area contributed by atoms with Gasteiger partial charge in [-0.05, 0) is 12.8 Å². The summed E-state index contributed by atoms with van der Waals surface area (Å²) in [6, 6.07) is 0. The summed E-state index contributed by atoms with van der Waals surface area (Å²) in [4.78, 5) is 10.2. The molecule has 24 heavy (non-hydrogen) atoms. The SMILES string of the molecule is CCCCCCCCC(O)C(O)CC=CC=CC=CC=CC(=O)O. The van der Waals surface area contributed by atoms with Crippen molar-refractivity contribution in [3.8, 4) is 0 Å². The van der Waals surface area contributed by atoms with Gasteiger partial charge < -0.3 is 15.3 Å². The minimum atomic E-state index is -0.975. The number of carbonyl (C=O) groups is 1. The average molecular weight is 336 g/mol. The van der Waals surface area contributed by atoms with Crippen LogP contribution in [0.5, 0.6) is 0 Å². The van der Waals surface area contributed by atoms with Gasteiger partial charge in [-0.25, -0.2) is 4.79 Å². The molecule has 136 valence electrons. The van der Waals surface area contributed by atoms with E-state index in [-0.39, 0.29) is 0 Å². The van der Waals surface area contributed by atoms with E-state index in [1.165, 1.54) is 31.8 Å². The number of hydrogen-bond acceptors (Lipinski definition) is 3. The first-order valence-electron chi connectivity index (χ1n) is 8.83. The van der Waals surface area contributed by atoms with Crippen LogP contribution in [-0.4, -0.2) is 33.5 Å². The Hall–Kier alpha value is -1.65. The minimum Gasteiger partial charge on any atom is -0.478 e. The zero-order valence-corrected chi connectivity index (χ0v) is 14.7. The van der Waals surface area contributed by atoms with Crippen LogP contribution in [-0.2, 0) is 4.79 Å². The molecule has 2 atom stereocenters. The lowest BCUT2D eigenvalue weighted by Gasteiger charge is -2.16. The Morgan fingerprint density at radius 1 is 0.833 bits per heavy atom. The summed E-state index contributed by atoms with van der Waals surface area (Å²) in [5, 5.41) is 28.2. The molecule has 0 saturated heterocycles. The number of aliphatic carboxylic acids is 1. The van der Waals surface area contributed by atoms with E-state index in [1.54, 1.807) is 30.4 Å². The van der Waals surface area contributed by atoms with E-state index in [0.29, 0.717) is 12.8 Å². The van der Waals surface area contributed by atoms with Gasteiger partial charge >= 0.3 is 5.97 Å². The Morgan fingerprint density at radius 3 is 2.08 bits per heavy atom. The highest BCUT2D eigenvalue weighted by atomic mass is 16.4. The Labute approximate surface area is 145 Å². The first-order valence-corrected chi connectivity index (χ1v) is 8.83. The summed E-state index contributed by atoms with van der Waals surface area (Å²) in [7, 11) is 0. The molecule has 0 fully saturated rings. The van der Waals surface area contributed by atoms with Crippen LogP contribution in [0, 0.1) is 0 Å². The lowest BCUT2D eigenvalue weighted by Crippen LogP contribution is -2.25. The van der Waals surface area contributed by atoms with Crippen molar-refractivity contribution in [1.29, 1.82) is 0 Å². The van der Waals surface area contributed by atoms with Crippen molar-refractivity contribution in [3.05, 3.63) is 48.6 Å². The number of aliphatic hydroxyl groups excluding tert-OH is 2. The van der Waals surface area contributed by atoms with Gasteiger partial charge in [0.25, 0.3) is 0 Å². The van der Waals surface area contributed by atoms with Crippen molar-refractivity contribution in [1.82, 2.24) is 0 Å². The summed E-state index contributed by atoms with van der Waals surface area (Å²) in [5.74, 6) is -0.975. The standard InChI is InChI=1S/C20H32O4/c1-2-3-4-5-9-12-15-18(21)19(22)16-13-10-7-6-8-11-14-17-20(23)24/h6-8,10-11,13-14,17-19,21-22H,2-5,9,12,15-16H2,1H3,(H,23,24). The third-order valence-electron chi connectivity index (χ3n) is 3.61. The Bertz CT molecular complexity index is 421. The maximum Gasteiger partial charge on any atom is 0.328 e. The second-order valence-corrected chi connectivity index (χ2v) is 5.82. The van der Waals surface area contributed by atoms with Crippen molar-refractivity contribution < 1.29 is 20.1 Å². The molecule has 0 aromatic carbocycles. The molecule has 0 aliphatic heterocycles. The third kappa shape index (κ3) is 15.3. The molecule has 0 rings (SSSR count). The number of hydrogen-bond donors (Lipinski definition) is 3. The molecule has 4 heteroatoms. The summed E-state index contributed by atoms with van der Waals surface area (Å²) in [6.45, 7) is 2.19. The van der Waals surface area contributed by atoms with Crippen LogP contribution in [0.1, 0.15) is 58.3 Å². The van der Waals surface area contributed by atoms with Gasteiger partial charge in [0.1, 0.15) is 0 Å². The van der Waals surface area contributed by atoms with Crippen LogP contribution in [0.15, 0.2) is 48.6 Å². The molecule has 0 aliphatic rings. The second kappa shape index (κ2) is 16.2. The van der Waals surface area contributed by atoms with Gasteiger partial charge in [0, 0.05) is 6.08 Å². The molecular weight excluding hydrogens is 304 g/mol. The fourth-order valence-electron chi connectivity index (χ4n) is 2.17. The highest BCUT2D eigenvalue weighted by Gasteiger charge is 2.13. The van der Waals surface area contributed by atoms with Crippen LogP contribution >= 0.6 is 0 Å². The first-order chi connectivity index (χ1) is 11.6. The largest absolute Gasteiger partial charge is 0.478 e. The number of rotatable bonds is 14. The number of aliphatic hydroxyl groups is 2. The van der Waals surface area contributed by atoms with E-state index in [9.17, 15) is 15.0 Å². The van der Waals surface area contributed by atoms with Crippen LogP contribution in [0.3, 0.4) is 0 Å². The number of carboxylic acids is 1. The summed E-state index contributed by atoms with van der Waals surface area (Å²) >= 11 is 0. The Morgan fingerprint density at radius 2 is 1.42 bits per heavy atom. The number of unbranched alkanes of at least 4 members (excludes halogenated alkanes) is 5. The molecule has 0 amide bonds. The molecule has 0 aromatic heterocycles. The molecule has 0 bridgehead atoms. The highest BCUT2D eigenvalue weighted by Crippen LogP contribution is 2.12. The number of carboxylic acid groups (broad SMARTS) is 1. The van der Waals surface area contributed by atoms with Gasteiger partial charge in [-0.15, -0.1) is 0 Å². The lowest BCUT2D eigenvalue weighted by atomic mass is 10.0. The van der Waals surface area contributed by atoms with Crippen molar-refractivity contribution in [2.24, 2.45) is 0 Å². The van der Waals surface area contributed by atoms with Crippen LogP contribution < -0.4 is 0 Å². The highest BCUT2D eigenvalue weighted by molar-refractivity contribution is 5.80. The van der Waals surface area contributed by atoms with Crippen molar-refractivity contribution >= 4 is 5.97 Å². The second-order valence-electron chi connectivity index (χ2n) is 5.82. The molecule has 0 saturated carbocycles. The van der Waals surface area contributed by atoms with E-state index in [1.807, 2.05) is 6.08 Å². The van der Waals surface area contributed by atoms with E-state index in [0.717, 1.165) is 18.9 Å². The molecule has 0 aromatic rings. The fourth-order valence-corrected chi connectivity index (χ4v) is 2.17. The maximum atomic E-state index is 10.2. The lowest BCUT2D eigenvalue weighted by molar-refractivity contribution is -0.131. The molecule has 0 radical (unpaired) electrons. The Kier molecular flexibility index (Phi) is 15.1. The zero-order chi connectivity index (χ0) is 18.0. The predicted molar refractivity (Wildman–Crippen MR) is 98.8 cm³/mol. The van der Waals surface area contributed by atoms with Gasteiger partial charge in [0.2, 0.25) is 0 Å². The summed E-state index contributed by atoms with van der Waals surface area (Å²) < 4.78 is 0.